The zero-order valence-electron chi connectivity index (χ0n) is 53.3. The van der Waals surface area contributed by atoms with Gasteiger partial charge in [-0.1, -0.05) is 194 Å². The van der Waals surface area contributed by atoms with E-state index in [9.17, 15) is 9.59 Å². The Bertz CT molecular complexity index is 2670. The van der Waals surface area contributed by atoms with Crippen molar-refractivity contribution in [2.24, 2.45) is 0 Å². The molecule has 4 aromatic carbocycles. The van der Waals surface area contributed by atoms with Crippen LogP contribution in [0.25, 0.3) is 22.8 Å². The van der Waals surface area contributed by atoms with E-state index in [1.165, 1.54) is 127 Å². The van der Waals surface area contributed by atoms with Crippen molar-refractivity contribution in [3.05, 3.63) is 132 Å². The number of carbonyl (C=O) groups is 2. The minimum Gasteiger partial charge on any atom is -0.494 e. The van der Waals surface area contributed by atoms with E-state index >= 15 is 0 Å². The molecular weight excluding hydrogens is 1090 g/mol. The van der Waals surface area contributed by atoms with Crippen LogP contribution in [0.2, 0.25) is 50.4 Å². The summed E-state index contributed by atoms with van der Waals surface area (Å²) in [5.41, 5.74) is 4.17. The molecular formula is C72H102N4O7Si2. The molecule has 11 nitrogen and oxygen atoms in total. The average molecular weight is 1190 g/mol. The van der Waals surface area contributed by atoms with Crippen LogP contribution in [0.15, 0.2) is 109 Å². The first-order chi connectivity index (χ1) is 41.3. The van der Waals surface area contributed by atoms with Crippen molar-refractivity contribution in [2.45, 2.75) is 232 Å². The van der Waals surface area contributed by atoms with Crippen molar-refractivity contribution < 1.29 is 33.3 Å². The van der Waals surface area contributed by atoms with Crippen LogP contribution in [-0.4, -0.2) is 61.2 Å². The Kier molecular flexibility index (Phi) is 29.9. The highest BCUT2D eigenvalue weighted by molar-refractivity contribution is 6.77. The van der Waals surface area contributed by atoms with Gasteiger partial charge in [-0.2, -0.15) is 0 Å². The van der Waals surface area contributed by atoms with E-state index in [-0.39, 0.29) is 0 Å². The first kappa shape index (κ1) is 67.9. The third-order valence-electron chi connectivity index (χ3n) is 16.2. The minimum atomic E-state index is -1.31. The Morgan fingerprint density at radius 3 is 1.07 bits per heavy atom. The van der Waals surface area contributed by atoms with Crippen LogP contribution in [-0.2, 0) is 12.8 Å². The molecule has 0 N–H and O–H groups in total. The number of nitrogens with zero attached hydrogens (tertiary/aromatic N) is 4. The van der Waals surface area contributed by atoms with Crippen molar-refractivity contribution >= 4 is 28.1 Å². The fourth-order valence-electron chi connectivity index (χ4n) is 10.6. The van der Waals surface area contributed by atoms with Gasteiger partial charge < -0.3 is 23.7 Å². The number of carbonyl (C=O) groups excluding carboxylic acids is 2. The van der Waals surface area contributed by atoms with Crippen LogP contribution in [0.1, 0.15) is 201 Å². The zero-order chi connectivity index (χ0) is 60.5. The quantitative estimate of drug-likeness (QED) is 0.0157. The van der Waals surface area contributed by atoms with Crippen molar-refractivity contribution in [3.63, 3.8) is 0 Å². The summed E-state index contributed by atoms with van der Waals surface area (Å²) in [4.78, 5) is 46.6. The molecule has 0 saturated heterocycles. The molecule has 0 aliphatic carbocycles. The molecule has 0 fully saturated rings. The van der Waals surface area contributed by atoms with Crippen LogP contribution < -0.4 is 23.7 Å². The van der Waals surface area contributed by atoms with Gasteiger partial charge >= 0.3 is 11.9 Å². The molecule has 2 heterocycles. The maximum absolute atomic E-state index is 13.2. The maximum atomic E-state index is 13.2. The van der Waals surface area contributed by atoms with Gasteiger partial charge in [0, 0.05) is 27.3 Å². The average Bonchev–Trinajstić information content (AvgIpc) is 3.63. The minimum absolute atomic E-state index is 0.432. The first-order valence-electron chi connectivity index (χ1n) is 32.8. The fraction of sp³-hybridized carbons (Fsp3) is 0.528. The predicted octanol–water partition coefficient (Wildman–Crippen LogP) is 20.8. The fourth-order valence-corrected chi connectivity index (χ4v) is 16.2. The molecule has 85 heavy (non-hydrogen) atoms. The molecule has 0 unspecified atom stereocenters. The van der Waals surface area contributed by atoms with E-state index in [1.807, 2.05) is 48.5 Å². The summed E-state index contributed by atoms with van der Waals surface area (Å²) in [6.45, 7) is 20.4. The molecule has 6 aromatic rings. The Balaban J connectivity index is 1.15. The maximum Gasteiger partial charge on any atom is 0.343 e. The first-order valence-corrected chi connectivity index (χ1v) is 39.6. The second-order valence-corrected chi connectivity index (χ2v) is 35.5. The lowest BCUT2D eigenvalue weighted by atomic mass is 10.1. The lowest BCUT2D eigenvalue weighted by molar-refractivity contribution is 0.0725. The van der Waals surface area contributed by atoms with Gasteiger partial charge in [0.15, 0.2) is 23.1 Å². The van der Waals surface area contributed by atoms with Gasteiger partial charge in [0.05, 0.1) is 48.1 Å². The van der Waals surface area contributed by atoms with Gasteiger partial charge in [0.2, 0.25) is 0 Å². The highest BCUT2D eigenvalue weighted by Crippen LogP contribution is 2.33. The van der Waals surface area contributed by atoms with Gasteiger partial charge in [0.1, 0.15) is 23.0 Å². The monoisotopic (exact) mass is 1190 g/mol. The summed E-state index contributed by atoms with van der Waals surface area (Å²) >= 11 is 0. The van der Waals surface area contributed by atoms with Gasteiger partial charge in [0.25, 0.3) is 0 Å². The molecule has 460 valence electrons. The number of benzene rings is 4. The molecule has 6 rings (SSSR count). The van der Waals surface area contributed by atoms with E-state index in [0.29, 0.717) is 59.0 Å². The van der Waals surface area contributed by atoms with E-state index in [0.717, 1.165) is 85.4 Å². The SMILES string of the molecule is CCCCCCCCCOc1ccc(C(=O)Oc2ccc(-c3ncc(Oc4cnc(-c5ccc(OC(=O)c6ccc(OCCCCCCCCC)cc6)cc5)nc4CCCC[Si](C)(C)CCCC)c(CCCC[Si](C)(C)CCCC)n3)cc2)cc1. The Labute approximate surface area is 513 Å². The standard InChI is InChI=1S/C72H102N4O7Si2/c1-9-13-17-19-21-23-27-49-79-61-41-37-59(38-42-61)71(77)81-63-45-33-57(34-46-63)69-73-55-67(65(75-69)31-25-29-53-84(5,6)51-15-11-3)83-68-56-74-70(76-66(68)32-26-30-54-85(7,8)52-16-12-4)58-35-47-64(48-36-58)82-72(78)60-39-43-62(44-40-60)80-50-28-24-22-20-18-14-10-2/h33-48,55-56H,9-32,49-54H2,1-8H3. The summed E-state index contributed by atoms with van der Waals surface area (Å²) in [5, 5.41) is 0. The summed E-state index contributed by atoms with van der Waals surface area (Å²) in [7, 11) is -2.62. The molecule has 0 spiro atoms. The summed E-state index contributed by atoms with van der Waals surface area (Å²) in [5.74, 6) is 3.81. The summed E-state index contributed by atoms with van der Waals surface area (Å²) in [6, 6.07) is 34.3. The number of rotatable bonds is 42. The third-order valence-corrected chi connectivity index (χ3v) is 23.0. The molecule has 0 radical (unpaired) electrons. The molecule has 13 heteroatoms. The predicted molar refractivity (Wildman–Crippen MR) is 355 cm³/mol. The summed E-state index contributed by atoms with van der Waals surface area (Å²) < 4.78 is 30.4. The van der Waals surface area contributed by atoms with E-state index < -0.39 is 28.1 Å². The molecule has 2 aromatic heterocycles. The lowest BCUT2D eigenvalue weighted by Gasteiger charge is -2.22. The van der Waals surface area contributed by atoms with Gasteiger partial charge in [-0.25, -0.2) is 29.5 Å². The number of hydrogen-bond acceptors (Lipinski definition) is 11. The van der Waals surface area contributed by atoms with E-state index in [2.05, 4.69) is 53.9 Å². The van der Waals surface area contributed by atoms with Crippen LogP contribution in [0.3, 0.4) is 0 Å². The van der Waals surface area contributed by atoms with Gasteiger partial charge in [-0.05, 0) is 136 Å². The molecule has 0 bridgehead atoms. The van der Waals surface area contributed by atoms with Gasteiger partial charge in [-0.3, -0.25) is 0 Å². The highest BCUT2D eigenvalue weighted by atomic mass is 28.3. The Morgan fingerprint density at radius 2 is 0.706 bits per heavy atom. The number of aryl methyl sites for hydroxylation is 2. The number of aromatic nitrogens is 4. The molecule has 0 aliphatic rings. The van der Waals surface area contributed by atoms with Gasteiger partial charge in [-0.15, -0.1) is 0 Å². The van der Waals surface area contributed by atoms with Crippen molar-refractivity contribution in [2.75, 3.05) is 13.2 Å². The van der Waals surface area contributed by atoms with E-state index in [1.54, 1.807) is 60.9 Å². The molecule has 0 amide bonds. The molecule has 0 aliphatic heterocycles. The van der Waals surface area contributed by atoms with E-state index in [4.69, 9.17) is 43.6 Å². The Hall–Kier alpha value is -6.19. The highest BCUT2D eigenvalue weighted by Gasteiger charge is 2.23. The summed E-state index contributed by atoms with van der Waals surface area (Å²) in [6.07, 6.45) is 31.5. The second-order valence-electron chi connectivity index (χ2n) is 24.9. The van der Waals surface area contributed by atoms with Crippen LogP contribution in [0.4, 0.5) is 0 Å². The smallest absolute Gasteiger partial charge is 0.343 e. The number of esters is 2. The number of unbranched alkanes of at least 4 members (excludes halogenated alkanes) is 16. The zero-order valence-corrected chi connectivity index (χ0v) is 55.3. The van der Waals surface area contributed by atoms with Crippen molar-refractivity contribution in [1.82, 2.24) is 19.9 Å². The van der Waals surface area contributed by atoms with Crippen molar-refractivity contribution in [3.8, 4) is 57.3 Å². The normalized spacial score (nSPS) is 11.6. The van der Waals surface area contributed by atoms with Crippen LogP contribution in [0, 0.1) is 0 Å². The van der Waals surface area contributed by atoms with Crippen molar-refractivity contribution in [1.29, 1.82) is 0 Å². The number of ether oxygens (including phenoxy) is 5. The molecule has 0 atom stereocenters. The lowest BCUT2D eigenvalue weighted by Crippen LogP contribution is -2.24. The third kappa shape index (κ3) is 25.0. The van der Waals surface area contributed by atoms with Crippen LogP contribution in [0.5, 0.6) is 34.5 Å². The number of hydrogen-bond donors (Lipinski definition) is 0. The topological polar surface area (TPSA) is 132 Å². The Morgan fingerprint density at radius 1 is 0.376 bits per heavy atom. The largest absolute Gasteiger partial charge is 0.494 e. The second kappa shape index (κ2) is 37.4. The van der Waals surface area contributed by atoms with Crippen LogP contribution >= 0.6 is 0 Å². The molecule has 0 saturated carbocycles.